The Labute approximate surface area is 162 Å². The number of hydrogen-bond acceptors (Lipinski definition) is 2. The van der Waals surface area contributed by atoms with Crippen LogP contribution in [0, 0.1) is 5.41 Å². The van der Waals surface area contributed by atoms with Crippen molar-refractivity contribution in [1.82, 2.24) is 4.90 Å². The molecule has 2 atom stereocenters. The van der Waals surface area contributed by atoms with Crippen molar-refractivity contribution in [3.63, 3.8) is 0 Å². The van der Waals surface area contributed by atoms with Gasteiger partial charge in [-0.15, -0.1) is 0 Å². The number of allylic oxidation sites excluding steroid dienone is 6. The Bertz CT molecular complexity index is 969. The number of hydrogen-bond donors (Lipinski definition) is 0. The maximum atomic E-state index is 14.8. The summed E-state index contributed by atoms with van der Waals surface area (Å²) in [5.41, 5.74) is -3.90. The normalized spacial score (nSPS) is 36.7. The molecule has 0 aromatic rings. The fraction of sp³-hybridized carbons (Fsp3) is 0.400. The van der Waals surface area contributed by atoms with Crippen LogP contribution < -0.4 is 0 Å². The van der Waals surface area contributed by atoms with Crippen LogP contribution in [0.4, 0.5) is 26.3 Å². The molecule has 1 fully saturated rings. The number of alkyl halides is 6. The van der Waals surface area contributed by atoms with Gasteiger partial charge in [-0.25, -0.2) is 0 Å². The van der Waals surface area contributed by atoms with Crippen LogP contribution in [0.3, 0.4) is 0 Å². The van der Waals surface area contributed by atoms with Crippen LogP contribution in [0.15, 0.2) is 70.4 Å². The molecule has 0 aromatic heterocycles. The lowest BCUT2D eigenvalue weighted by Crippen LogP contribution is -2.58. The monoisotopic (exact) mass is 417 g/mol. The third-order valence-corrected chi connectivity index (χ3v) is 8.14. The van der Waals surface area contributed by atoms with E-state index in [1.165, 1.54) is 36.1 Å². The predicted octanol–water partition coefficient (Wildman–Crippen LogP) is 6.07. The molecule has 4 rings (SSSR count). The van der Waals surface area contributed by atoms with Crippen LogP contribution in [0.25, 0.3) is 0 Å². The third kappa shape index (κ3) is 1.67. The van der Waals surface area contributed by atoms with E-state index in [1.54, 1.807) is 25.8 Å². The number of halogens is 6. The summed E-state index contributed by atoms with van der Waals surface area (Å²) in [5, 5.41) is 0. The Morgan fingerprint density at radius 1 is 0.893 bits per heavy atom. The Balaban J connectivity index is 2.23. The maximum absolute atomic E-state index is 14.8. The van der Waals surface area contributed by atoms with Gasteiger partial charge in [-0.1, -0.05) is 31.0 Å². The van der Waals surface area contributed by atoms with E-state index in [2.05, 4.69) is 13.2 Å². The summed E-state index contributed by atoms with van der Waals surface area (Å²) < 4.78 is 87.4. The Morgan fingerprint density at radius 3 is 1.86 bits per heavy atom. The molecule has 8 heteroatoms. The van der Waals surface area contributed by atoms with E-state index >= 15 is 0 Å². The van der Waals surface area contributed by atoms with Gasteiger partial charge in [0.25, 0.3) is 0 Å². The smallest absolute Gasteiger partial charge is 0.359 e. The molecule has 1 nitrogen and oxygen atoms in total. The van der Waals surface area contributed by atoms with Gasteiger partial charge in [0, 0.05) is 28.8 Å². The highest BCUT2D eigenvalue weighted by Gasteiger charge is 2.84. The van der Waals surface area contributed by atoms with E-state index in [1.807, 2.05) is 0 Å². The summed E-state index contributed by atoms with van der Waals surface area (Å²) in [6.45, 7) is 10.6. The summed E-state index contributed by atoms with van der Waals surface area (Å²) in [5.74, 6) is -15.5. The summed E-state index contributed by atoms with van der Waals surface area (Å²) in [7, 11) is 1.69. The van der Waals surface area contributed by atoms with Crippen LogP contribution in [0.2, 0.25) is 0 Å². The van der Waals surface area contributed by atoms with Crippen LogP contribution >= 0.6 is 11.8 Å². The molecular weight excluding hydrogens is 400 g/mol. The van der Waals surface area contributed by atoms with Crippen LogP contribution in [-0.4, -0.2) is 34.6 Å². The lowest BCUT2D eigenvalue weighted by molar-refractivity contribution is -0.258. The molecule has 2 aliphatic heterocycles. The number of fused-ring (bicyclic) bond motifs is 1. The molecular formula is C20H17F6NS. The molecule has 0 N–H and O–H groups in total. The zero-order chi connectivity index (χ0) is 21.1. The van der Waals surface area contributed by atoms with Gasteiger partial charge in [-0.3, -0.25) is 0 Å². The van der Waals surface area contributed by atoms with E-state index in [-0.39, 0.29) is 11.1 Å². The molecule has 2 aliphatic carbocycles. The summed E-state index contributed by atoms with van der Waals surface area (Å²) in [4.78, 5) is 1.16. The highest BCUT2D eigenvalue weighted by Crippen LogP contribution is 2.74. The second-order valence-electron chi connectivity index (χ2n) is 7.59. The van der Waals surface area contributed by atoms with Gasteiger partial charge >= 0.3 is 17.8 Å². The molecule has 0 bridgehead atoms. The maximum Gasteiger partial charge on any atom is 0.380 e. The van der Waals surface area contributed by atoms with Gasteiger partial charge in [0.1, 0.15) is 4.87 Å². The first kappa shape index (κ1) is 19.5. The number of nitrogens with zero attached hydrogens (tertiary/aromatic N) is 1. The van der Waals surface area contributed by atoms with E-state index < -0.39 is 39.2 Å². The van der Waals surface area contributed by atoms with Crippen molar-refractivity contribution in [3.8, 4) is 0 Å². The minimum Gasteiger partial charge on any atom is -0.359 e. The first-order valence-electron chi connectivity index (χ1n) is 8.49. The molecule has 28 heavy (non-hydrogen) atoms. The molecule has 150 valence electrons. The Morgan fingerprint density at radius 2 is 1.39 bits per heavy atom. The Hall–Kier alpha value is -1.83. The molecule has 0 unspecified atom stereocenters. The highest BCUT2D eigenvalue weighted by molar-refractivity contribution is 8.04. The second kappa shape index (κ2) is 5.01. The lowest BCUT2D eigenvalue weighted by atomic mass is 9.68. The van der Waals surface area contributed by atoms with Crippen molar-refractivity contribution < 1.29 is 26.3 Å². The van der Waals surface area contributed by atoms with Crippen LogP contribution in [0.1, 0.15) is 13.8 Å². The van der Waals surface area contributed by atoms with Crippen LogP contribution in [0.5, 0.6) is 0 Å². The van der Waals surface area contributed by atoms with Crippen LogP contribution in [-0.2, 0) is 0 Å². The molecule has 0 aromatic carbocycles. The molecule has 2 heterocycles. The molecule has 0 spiro atoms. The highest BCUT2D eigenvalue weighted by atomic mass is 32.2. The number of thioether (sulfide) groups is 1. The van der Waals surface area contributed by atoms with E-state index in [4.69, 9.17) is 0 Å². The minimum atomic E-state index is -5.51. The zero-order valence-corrected chi connectivity index (χ0v) is 16.2. The van der Waals surface area contributed by atoms with E-state index in [0.717, 1.165) is 0 Å². The molecule has 0 radical (unpaired) electrons. The molecule has 4 aliphatic rings. The first-order chi connectivity index (χ1) is 12.7. The van der Waals surface area contributed by atoms with Crippen molar-refractivity contribution >= 4 is 11.8 Å². The second-order valence-corrected chi connectivity index (χ2v) is 9.06. The summed E-state index contributed by atoms with van der Waals surface area (Å²) >= 11 is 1.26. The van der Waals surface area contributed by atoms with Crippen molar-refractivity contribution in [1.29, 1.82) is 0 Å². The zero-order valence-electron chi connectivity index (χ0n) is 15.3. The van der Waals surface area contributed by atoms with Gasteiger partial charge in [0.15, 0.2) is 0 Å². The minimum absolute atomic E-state index is 0.207. The summed E-state index contributed by atoms with van der Waals surface area (Å²) in [6.07, 6.45) is 5.36. The van der Waals surface area contributed by atoms with Gasteiger partial charge in [-0.05, 0) is 43.2 Å². The van der Waals surface area contributed by atoms with Crippen molar-refractivity contribution in [2.24, 2.45) is 5.41 Å². The van der Waals surface area contributed by atoms with E-state index in [9.17, 15) is 26.3 Å². The molecule has 0 saturated heterocycles. The first-order valence-corrected chi connectivity index (χ1v) is 9.30. The quantitative estimate of drug-likeness (QED) is 0.502. The largest absolute Gasteiger partial charge is 0.380 e. The lowest BCUT2D eigenvalue weighted by Gasteiger charge is -2.57. The SMILES string of the molecule is C=CC1=CC2=C3C(=C4C=C(C=C)N(C)[C@](C)(S1)[C@@]24C)C(F)(F)C(F)(F)C3(F)F. The average molecular weight is 417 g/mol. The van der Waals surface area contributed by atoms with Gasteiger partial charge in [0.2, 0.25) is 0 Å². The number of rotatable bonds is 2. The third-order valence-electron chi connectivity index (χ3n) is 6.54. The molecule has 1 saturated carbocycles. The Kier molecular flexibility index (Phi) is 3.49. The van der Waals surface area contributed by atoms with Gasteiger partial charge in [-0.2, -0.15) is 26.3 Å². The van der Waals surface area contributed by atoms with Crippen molar-refractivity contribution in [2.75, 3.05) is 7.05 Å². The topological polar surface area (TPSA) is 3.24 Å². The van der Waals surface area contributed by atoms with E-state index in [0.29, 0.717) is 10.6 Å². The fourth-order valence-corrected chi connectivity index (χ4v) is 6.09. The predicted molar refractivity (Wildman–Crippen MR) is 97.3 cm³/mol. The van der Waals surface area contributed by atoms with Crippen molar-refractivity contribution in [2.45, 2.75) is 36.5 Å². The number of likely N-dealkylation sites (N-methyl/N-ethyl adjacent to an activating group) is 1. The van der Waals surface area contributed by atoms with Gasteiger partial charge < -0.3 is 4.90 Å². The molecule has 0 amide bonds. The fourth-order valence-electron chi connectivity index (χ4n) is 4.71. The average Bonchev–Trinajstić information content (AvgIpc) is 2.93. The standard InChI is InChI=1S/C20H17F6NS/c1-6-10-8-12-14-15(19(23,24)20(25,26)18(14,21)22)13-9-11(7-2)28-17(4,27(10)5)16(12,13)3/h6-9H,1-2H2,3-5H3/t16-,17-/m1/s1. The van der Waals surface area contributed by atoms with Gasteiger partial charge in [0.05, 0.1) is 5.41 Å². The van der Waals surface area contributed by atoms with Crippen molar-refractivity contribution in [3.05, 3.63) is 70.4 Å². The summed E-state index contributed by atoms with van der Waals surface area (Å²) in [6, 6.07) is 0.